The summed E-state index contributed by atoms with van der Waals surface area (Å²) in [5, 5.41) is 15.5. The first-order valence-electron chi connectivity index (χ1n) is 8.58. The third kappa shape index (κ3) is 5.04. The highest BCUT2D eigenvalue weighted by Gasteiger charge is 2.23. The molecule has 29 heavy (non-hydrogen) atoms. The fourth-order valence-corrected chi connectivity index (χ4v) is 3.66. The van der Waals surface area contributed by atoms with Crippen LogP contribution in [-0.4, -0.2) is 47.0 Å². The minimum atomic E-state index is -3.87. The molecular formula is C19H18N6O3S. The maximum atomic E-state index is 12.6. The van der Waals surface area contributed by atoms with Gasteiger partial charge < -0.3 is 0 Å². The largest absolute Gasteiger partial charge is 0.292 e. The summed E-state index contributed by atoms with van der Waals surface area (Å²) in [6, 6.07) is 17.0. The fraction of sp³-hybridized carbons (Fsp3) is 0.158. The quantitative estimate of drug-likeness (QED) is 0.629. The summed E-state index contributed by atoms with van der Waals surface area (Å²) in [7, 11) is -2.57. The summed E-state index contributed by atoms with van der Waals surface area (Å²) in [5.41, 5.74) is 1.38. The molecular weight excluding hydrogens is 392 g/mol. The molecule has 148 valence electrons. The monoisotopic (exact) mass is 410 g/mol. The summed E-state index contributed by atoms with van der Waals surface area (Å²) in [5.74, 6) is -0.475. The topological polar surface area (TPSA) is 121 Å². The van der Waals surface area contributed by atoms with Crippen LogP contribution in [0, 0.1) is 11.3 Å². The molecule has 0 saturated carbocycles. The normalized spacial score (nSPS) is 11.2. The highest BCUT2D eigenvalue weighted by Crippen LogP contribution is 2.15. The van der Waals surface area contributed by atoms with Gasteiger partial charge in [0.05, 0.1) is 29.6 Å². The van der Waals surface area contributed by atoms with Gasteiger partial charge in [-0.05, 0) is 29.8 Å². The van der Waals surface area contributed by atoms with Crippen molar-refractivity contribution in [2.45, 2.75) is 11.4 Å². The first-order valence-corrected chi connectivity index (χ1v) is 10.0. The Morgan fingerprint density at radius 3 is 2.52 bits per heavy atom. The standard InChI is InChI=1S/C19H18N6O3S/c1-24(29(27,28)17-9-7-15(11-20)8-10-17)13-18(26)22-19-21-14-25(23-19)12-16-5-3-2-4-6-16/h2-10,14H,12-13H2,1H3,(H,22,23,26). The van der Waals surface area contributed by atoms with Crippen LogP contribution in [0.15, 0.2) is 65.8 Å². The maximum Gasteiger partial charge on any atom is 0.248 e. The van der Waals surface area contributed by atoms with Gasteiger partial charge in [-0.3, -0.25) is 10.1 Å². The summed E-state index contributed by atoms with van der Waals surface area (Å²) >= 11 is 0. The van der Waals surface area contributed by atoms with E-state index in [1.54, 1.807) is 4.68 Å². The van der Waals surface area contributed by atoms with Crippen LogP contribution in [0.1, 0.15) is 11.1 Å². The summed E-state index contributed by atoms with van der Waals surface area (Å²) in [6.07, 6.45) is 1.49. The molecule has 0 bridgehead atoms. The van der Waals surface area contributed by atoms with Crippen LogP contribution in [0.2, 0.25) is 0 Å². The number of rotatable bonds is 7. The zero-order chi connectivity index (χ0) is 20.9. The van der Waals surface area contributed by atoms with Gasteiger partial charge in [0.2, 0.25) is 21.9 Å². The van der Waals surface area contributed by atoms with Crippen LogP contribution in [0.3, 0.4) is 0 Å². The van der Waals surface area contributed by atoms with Crippen molar-refractivity contribution in [2.24, 2.45) is 0 Å². The number of carbonyl (C=O) groups is 1. The molecule has 0 fully saturated rings. The zero-order valence-corrected chi connectivity index (χ0v) is 16.4. The Labute approximate surface area is 168 Å². The van der Waals surface area contributed by atoms with Gasteiger partial charge in [0.15, 0.2) is 0 Å². The zero-order valence-electron chi connectivity index (χ0n) is 15.6. The van der Waals surface area contributed by atoms with Gasteiger partial charge in [0.25, 0.3) is 0 Å². The number of hydrogen-bond donors (Lipinski definition) is 1. The van der Waals surface area contributed by atoms with Gasteiger partial charge in [0, 0.05) is 7.05 Å². The number of nitrogens with zero attached hydrogens (tertiary/aromatic N) is 5. The van der Waals surface area contributed by atoms with E-state index < -0.39 is 22.5 Å². The molecule has 10 heteroatoms. The molecule has 0 aliphatic carbocycles. The van der Waals surface area contributed by atoms with Crippen molar-refractivity contribution in [1.29, 1.82) is 5.26 Å². The number of benzene rings is 2. The van der Waals surface area contributed by atoms with Crippen LogP contribution in [0.4, 0.5) is 5.95 Å². The third-order valence-corrected chi connectivity index (χ3v) is 5.85. The Balaban J connectivity index is 1.60. The van der Waals surface area contributed by atoms with Crippen molar-refractivity contribution in [2.75, 3.05) is 18.9 Å². The van der Waals surface area contributed by atoms with Crippen LogP contribution in [0.25, 0.3) is 0 Å². The number of sulfonamides is 1. The highest BCUT2D eigenvalue weighted by molar-refractivity contribution is 7.89. The smallest absolute Gasteiger partial charge is 0.248 e. The molecule has 0 aliphatic rings. The van der Waals surface area contributed by atoms with Crippen LogP contribution >= 0.6 is 0 Å². The van der Waals surface area contributed by atoms with Crippen molar-refractivity contribution in [3.63, 3.8) is 0 Å². The maximum absolute atomic E-state index is 12.6. The van der Waals surface area contributed by atoms with Crippen molar-refractivity contribution in [3.8, 4) is 6.07 Å². The highest BCUT2D eigenvalue weighted by atomic mass is 32.2. The molecule has 2 aromatic carbocycles. The van der Waals surface area contributed by atoms with E-state index in [1.165, 1.54) is 37.6 Å². The number of amides is 1. The summed E-state index contributed by atoms with van der Waals surface area (Å²) in [4.78, 5) is 16.2. The lowest BCUT2D eigenvalue weighted by atomic mass is 10.2. The van der Waals surface area contributed by atoms with Crippen molar-refractivity contribution < 1.29 is 13.2 Å². The molecule has 0 aliphatic heterocycles. The molecule has 0 saturated heterocycles. The minimum absolute atomic E-state index is 0.00272. The van der Waals surface area contributed by atoms with E-state index in [0.717, 1.165) is 9.87 Å². The molecule has 1 aromatic heterocycles. The van der Waals surface area contributed by atoms with E-state index >= 15 is 0 Å². The first-order chi connectivity index (χ1) is 13.9. The Kier molecular flexibility index (Phi) is 6.01. The first kappa shape index (κ1) is 20.2. The number of nitriles is 1. The predicted molar refractivity (Wildman–Crippen MR) is 105 cm³/mol. The van der Waals surface area contributed by atoms with Gasteiger partial charge in [-0.1, -0.05) is 30.3 Å². The second-order valence-corrected chi connectivity index (χ2v) is 8.24. The number of hydrogen-bond acceptors (Lipinski definition) is 6. The Hall–Kier alpha value is -3.55. The number of aromatic nitrogens is 3. The van der Waals surface area contributed by atoms with Crippen molar-refractivity contribution >= 4 is 21.9 Å². The van der Waals surface area contributed by atoms with Gasteiger partial charge in [-0.15, -0.1) is 5.10 Å². The average Bonchev–Trinajstić information content (AvgIpc) is 3.15. The Morgan fingerprint density at radius 1 is 1.17 bits per heavy atom. The minimum Gasteiger partial charge on any atom is -0.292 e. The summed E-state index contributed by atoms with van der Waals surface area (Å²) < 4.78 is 27.6. The van der Waals surface area contributed by atoms with E-state index in [9.17, 15) is 13.2 Å². The fourth-order valence-electron chi connectivity index (χ4n) is 2.53. The molecule has 3 aromatic rings. The molecule has 1 N–H and O–H groups in total. The van der Waals surface area contributed by atoms with E-state index in [2.05, 4.69) is 15.4 Å². The van der Waals surface area contributed by atoms with Gasteiger partial charge in [-0.2, -0.15) is 9.57 Å². The second-order valence-electron chi connectivity index (χ2n) is 6.20. The van der Waals surface area contributed by atoms with Crippen molar-refractivity contribution in [1.82, 2.24) is 19.1 Å². The van der Waals surface area contributed by atoms with E-state index in [0.29, 0.717) is 12.1 Å². The third-order valence-electron chi connectivity index (χ3n) is 4.03. The van der Waals surface area contributed by atoms with Crippen LogP contribution in [-0.2, 0) is 21.4 Å². The van der Waals surface area contributed by atoms with Gasteiger partial charge in [-0.25, -0.2) is 18.1 Å². The lowest BCUT2D eigenvalue weighted by molar-refractivity contribution is -0.116. The van der Waals surface area contributed by atoms with Gasteiger partial charge >= 0.3 is 0 Å². The molecule has 3 rings (SSSR count). The molecule has 0 spiro atoms. The van der Waals surface area contributed by atoms with Crippen LogP contribution < -0.4 is 5.32 Å². The van der Waals surface area contributed by atoms with Crippen molar-refractivity contribution in [3.05, 3.63) is 72.1 Å². The molecule has 0 atom stereocenters. The Morgan fingerprint density at radius 2 is 1.86 bits per heavy atom. The molecule has 0 unspecified atom stereocenters. The predicted octanol–water partition coefficient (Wildman–Crippen LogP) is 1.46. The average molecular weight is 410 g/mol. The Bertz CT molecular complexity index is 1130. The number of likely N-dealkylation sites (N-methyl/N-ethyl adjacent to an activating group) is 1. The van der Waals surface area contributed by atoms with E-state index in [4.69, 9.17) is 5.26 Å². The second kappa shape index (κ2) is 8.64. The van der Waals surface area contributed by atoms with Crippen LogP contribution in [0.5, 0.6) is 0 Å². The lowest BCUT2D eigenvalue weighted by Gasteiger charge is -2.16. The molecule has 9 nitrogen and oxygen atoms in total. The molecule has 0 radical (unpaired) electrons. The SMILES string of the molecule is CN(CC(=O)Nc1ncn(Cc2ccccc2)n1)S(=O)(=O)c1ccc(C#N)cc1. The van der Waals surface area contributed by atoms with E-state index in [1.807, 2.05) is 36.4 Å². The van der Waals surface area contributed by atoms with E-state index in [-0.39, 0.29) is 10.8 Å². The molecule has 1 amide bonds. The molecule has 1 heterocycles. The number of anilines is 1. The summed E-state index contributed by atoms with van der Waals surface area (Å²) in [6.45, 7) is 0.0895. The number of nitrogens with one attached hydrogen (secondary N) is 1. The van der Waals surface area contributed by atoms with Gasteiger partial charge in [0.1, 0.15) is 6.33 Å². The number of carbonyl (C=O) groups excluding carboxylic acids is 1. The lowest BCUT2D eigenvalue weighted by Crippen LogP contribution is -2.35.